The quantitative estimate of drug-likeness (QED) is 0.140. The maximum atomic E-state index is 15.6. The summed E-state index contributed by atoms with van der Waals surface area (Å²) in [5.41, 5.74) is 4.36. The van der Waals surface area contributed by atoms with Gasteiger partial charge in [0.1, 0.15) is 11.2 Å². The zero-order chi connectivity index (χ0) is 27.9. The first-order valence-corrected chi connectivity index (χ1v) is 13.7. The number of thiol groups is 1. The minimum Gasteiger partial charge on any atom is -0.466 e. The standard InChI is InChI=1S/C32H35FN2O3S/c1-34(2)26-16-13-23(14-17-26)25-15-18-28(29(33)21-25)32(39)35(31(37)24-9-5-4-6-10-24)27-11-7-8-22(20-27)12-19-30(36)38-3/h7-8,11-21,24,32,39H,4-6,9-10H2,1-3H3/b19-12+/t32-/m1/s1. The first kappa shape index (κ1) is 28.4. The van der Waals surface area contributed by atoms with Gasteiger partial charge in [-0.2, -0.15) is 0 Å². The van der Waals surface area contributed by atoms with Gasteiger partial charge in [0.05, 0.1) is 7.11 Å². The largest absolute Gasteiger partial charge is 0.466 e. The zero-order valence-corrected chi connectivity index (χ0v) is 23.5. The van der Waals surface area contributed by atoms with Gasteiger partial charge in [-0.15, -0.1) is 12.6 Å². The van der Waals surface area contributed by atoms with Gasteiger partial charge < -0.3 is 9.64 Å². The Labute approximate surface area is 235 Å². The molecular weight excluding hydrogens is 511 g/mol. The fraction of sp³-hybridized carbons (Fsp3) is 0.312. The molecule has 3 aromatic carbocycles. The zero-order valence-electron chi connectivity index (χ0n) is 22.6. The molecule has 0 N–H and O–H groups in total. The number of benzene rings is 3. The van der Waals surface area contributed by atoms with Gasteiger partial charge in [-0.3, -0.25) is 9.69 Å². The number of hydrogen-bond acceptors (Lipinski definition) is 5. The summed E-state index contributed by atoms with van der Waals surface area (Å²) in [7, 11) is 5.27. The molecule has 0 radical (unpaired) electrons. The first-order chi connectivity index (χ1) is 18.8. The van der Waals surface area contributed by atoms with E-state index >= 15 is 4.39 Å². The SMILES string of the molecule is COC(=O)/C=C/c1cccc(N(C(=O)C2CCCCC2)[C@H](S)c2ccc(-c3ccc(N(C)C)cc3)cc2F)c1. The van der Waals surface area contributed by atoms with Crippen LogP contribution in [0.4, 0.5) is 15.8 Å². The van der Waals surface area contributed by atoms with Crippen LogP contribution in [0, 0.1) is 11.7 Å². The minimum atomic E-state index is -0.829. The smallest absolute Gasteiger partial charge is 0.330 e. The fourth-order valence-electron chi connectivity index (χ4n) is 4.95. The van der Waals surface area contributed by atoms with Crippen molar-refractivity contribution in [3.8, 4) is 11.1 Å². The average molecular weight is 547 g/mol. The lowest BCUT2D eigenvalue weighted by atomic mass is 9.88. The molecular formula is C32H35FN2O3S. The van der Waals surface area contributed by atoms with E-state index in [0.29, 0.717) is 11.3 Å². The number of halogens is 1. The lowest BCUT2D eigenvalue weighted by Crippen LogP contribution is -2.38. The topological polar surface area (TPSA) is 49.9 Å². The van der Waals surface area contributed by atoms with Crippen molar-refractivity contribution in [1.82, 2.24) is 0 Å². The van der Waals surface area contributed by atoms with Crippen LogP contribution in [-0.2, 0) is 14.3 Å². The molecule has 0 aromatic heterocycles. The number of amides is 1. The Morgan fingerprint density at radius 2 is 1.64 bits per heavy atom. The van der Waals surface area contributed by atoms with Crippen molar-refractivity contribution in [3.63, 3.8) is 0 Å². The van der Waals surface area contributed by atoms with E-state index in [4.69, 9.17) is 12.6 Å². The van der Waals surface area contributed by atoms with Crippen molar-refractivity contribution in [1.29, 1.82) is 0 Å². The molecule has 204 valence electrons. The third-order valence-corrected chi connectivity index (χ3v) is 7.70. The summed E-state index contributed by atoms with van der Waals surface area (Å²) in [6.45, 7) is 0. The van der Waals surface area contributed by atoms with Crippen LogP contribution in [0.5, 0.6) is 0 Å². The van der Waals surface area contributed by atoms with E-state index in [-0.39, 0.29) is 11.8 Å². The maximum Gasteiger partial charge on any atom is 0.330 e. The van der Waals surface area contributed by atoms with E-state index in [1.165, 1.54) is 19.3 Å². The normalized spacial score (nSPS) is 14.7. The molecule has 39 heavy (non-hydrogen) atoms. The van der Waals surface area contributed by atoms with Crippen LogP contribution in [0.1, 0.15) is 48.6 Å². The van der Waals surface area contributed by atoms with Gasteiger partial charge in [0.15, 0.2) is 0 Å². The number of hydrogen-bond donors (Lipinski definition) is 1. The Kier molecular flexibility index (Phi) is 9.46. The van der Waals surface area contributed by atoms with E-state index in [2.05, 4.69) is 4.74 Å². The van der Waals surface area contributed by atoms with Gasteiger partial charge in [0.25, 0.3) is 0 Å². The number of anilines is 2. The highest BCUT2D eigenvalue weighted by Gasteiger charge is 2.32. The van der Waals surface area contributed by atoms with Crippen LogP contribution in [-0.4, -0.2) is 33.1 Å². The number of rotatable bonds is 8. The van der Waals surface area contributed by atoms with Gasteiger partial charge >= 0.3 is 5.97 Å². The van der Waals surface area contributed by atoms with Gasteiger partial charge in [-0.05, 0) is 65.9 Å². The second-order valence-electron chi connectivity index (χ2n) is 10.0. The molecule has 1 aliphatic carbocycles. The molecule has 0 spiro atoms. The molecule has 5 nitrogen and oxygen atoms in total. The van der Waals surface area contributed by atoms with Crippen molar-refractivity contribution >= 4 is 42.0 Å². The predicted octanol–water partition coefficient (Wildman–Crippen LogP) is 7.29. The van der Waals surface area contributed by atoms with Crippen molar-refractivity contribution in [2.45, 2.75) is 37.5 Å². The Hall–Kier alpha value is -3.58. The third kappa shape index (κ3) is 6.90. The number of carbonyl (C=O) groups is 2. The molecule has 0 unspecified atom stereocenters. The van der Waals surface area contributed by atoms with Crippen LogP contribution in [0.3, 0.4) is 0 Å². The van der Waals surface area contributed by atoms with Crippen molar-refractivity contribution in [3.05, 3.63) is 89.8 Å². The molecule has 0 bridgehead atoms. The van der Waals surface area contributed by atoms with Crippen molar-refractivity contribution < 1.29 is 18.7 Å². The number of nitrogens with zero attached hydrogens (tertiary/aromatic N) is 2. The van der Waals surface area contributed by atoms with Gasteiger partial charge in [0.2, 0.25) is 5.91 Å². The van der Waals surface area contributed by atoms with Crippen molar-refractivity contribution in [2.75, 3.05) is 31.0 Å². The first-order valence-electron chi connectivity index (χ1n) is 13.2. The maximum absolute atomic E-state index is 15.6. The van der Waals surface area contributed by atoms with Crippen LogP contribution in [0.15, 0.2) is 72.8 Å². The molecule has 0 saturated heterocycles. The van der Waals surface area contributed by atoms with E-state index < -0.39 is 17.2 Å². The monoisotopic (exact) mass is 546 g/mol. The van der Waals surface area contributed by atoms with E-state index in [9.17, 15) is 9.59 Å². The Balaban J connectivity index is 1.68. The Bertz CT molecular complexity index is 1330. The average Bonchev–Trinajstić information content (AvgIpc) is 2.96. The summed E-state index contributed by atoms with van der Waals surface area (Å²) in [5, 5.41) is -0.829. The van der Waals surface area contributed by atoms with Crippen LogP contribution in [0.2, 0.25) is 0 Å². The molecule has 1 saturated carbocycles. The highest BCUT2D eigenvalue weighted by Crippen LogP contribution is 2.37. The Morgan fingerprint density at radius 3 is 2.28 bits per heavy atom. The summed E-state index contributed by atoms with van der Waals surface area (Å²) in [5.74, 6) is -1.10. The van der Waals surface area contributed by atoms with Crippen molar-refractivity contribution in [2.24, 2.45) is 5.92 Å². The number of methoxy groups -OCH3 is 1. The van der Waals surface area contributed by atoms with Gasteiger partial charge in [-0.1, -0.05) is 55.7 Å². The summed E-state index contributed by atoms with van der Waals surface area (Å²) in [6, 6.07) is 20.3. The van der Waals surface area contributed by atoms with E-state index in [1.54, 1.807) is 17.0 Å². The molecule has 1 fully saturated rings. The molecule has 1 atom stereocenters. The number of carbonyl (C=O) groups excluding carboxylic acids is 2. The third-order valence-electron chi connectivity index (χ3n) is 7.19. The molecule has 1 aliphatic rings. The minimum absolute atomic E-state index is 0.0634. The van der Waals surface area contributed by atoms with E-state index in [1.807, 2.05) is 73.6 Å². The molecule has 1 amide bonds. The second kappa shape index (κ2) is 13.0. The highest BCUT2D eigenvalue weighted by atomic mass is 32.1. The van der Waals surface area contributed by atoms with Crippen LogP contribution >= 0.6 is 12.6 Å². The molecule has 0 heterocycles. The summed E-state index contributed by atoms with van der Waals surface area (Å²) < 4.78 is 20.3. The summed E-state index contributed by atoms with van der Waals surface area (Å²) in [4.78, 5) is 29.1. The van der Waals surface area contributed by atoms with Gasteiger partial charge in [0, 0.05) is 43.0 Å². The second-order valence-corrected chi connectivity index (χ2v) is 10.5. The number of ether oxygens (including phenoxy) is 1. The number of esters is 1. The van der Waals surface area contributed by atoms with E-state index in [0.717, 1.165) is 54.5 Å². The summed E-state index contributed by atoms with van der Waals surface area (Å²) >= 11 is 4.81. The van der Waals surface area contributed by atoms with Crippen LogP contribution < -0.4 is 9.80 Å². The molecule has 0 aliphatic heterocycles. The molecule has 4 rings (SSSR count). The van der Waals surface area contributed by atoms with Crippen LogP contribution in [0.25, 0.3) is 17.2 Å². The predicted molar refractivity (Wildman–Crippen MR) is 159 cm³/mol. The molecule has 3 aromatic rings. The fourth-order valence-corrected chi connectivity index (χ4v) is 5.41. The van der Waals surface area contributed by atoms with Gasteiger partial charge in [-0.25, -0.2) is 9.18 Å². The molecule has 7 heteroatoms. The highest BCUT2D eigenvalue weighted by molar-refractivity contribution is 7.80. The summed E-state index contributed by atoms with van der Waals surface area (Å²) in [6.07, 6.45) is 7.69. The Morgan fingerprint density at radius 1 is 0.949 bits per heavy atom. The lowest BCUT2D eigenvalue weighted by molar-refractivity contribution is -0.134. The lowest BCUT2D eigenvalue weighted by Gasteiger charge is -2.34.